The normalized spacial score (nSPS) is 16.4. The Hall–Kier alpha value is 0.840. The Bertz CT molecular complexity index is 475. The van der Waals surface area contributed by atoms with Gasteiger partial charge in [0.15, 0.2) is 0 Å². The van der Waals surface area contributed by atoms with Gasteiger partial charge in [0.1, 0.15) is 0 Å². The van der Waals surface area contributed by atoms with Crippen LogP contribution in [0.5, 0.6) is 0 Å². The van der Waals surface area contributed by atoms with Crippen LogP contribution in [0.3, 0.4) is 0 Å². The summed E-state index contributed by atoms with van der Waals surface area (Å²) < 4.78 is 3.09. The molecule has 2 rings (SSSR count). The molecule has 1 aromatic rings. The van der Waals surface area contributed by atoms with Gasteiger partial charge in [0.2, 0.25) is 0 Å². The number of rotatable bonds is 4. The fraction of sp³-hybridized carbons (Fsp3) is 0.417. The SMILES string of the molecule is O=C(NCC(O)C1CC1)c1cc(I)cc(I)c1I. The molecule has 0 aromatic heterocycles. The predicted molar refractivity (Wildman–Crippen MR) is 95.7 cm³/mol. The van der Waals surface area contributed by atoms with E-state index in [0.717, 1.165) is 23.6 Å². The third-order valence-corrected chi connectivity index (χ3v) is 6.54. The quantitative estimate of drug-likeness (QED) is 0.424. The maximum Gasteiger partial charge on any atom is 0.252 e. The summed E-state index contributed by atoms with van der Waals surface area (Å²) in [4.78, 5) is 12.1. The van der Waals surface area contributed by atoms with Crippen molar-refractivity contribution in [1.29, 1.82) is 0 Å². The predicted octanol–water partition coefficient (Wildman–Crippen LogP) is 3.00. The van der Waals surface area contributed by atoms with Crippen LogP contribution in [0.2, 0.25) is 0 Å². The number of benzene rings is 1. The molecule has 0 saturated heterocycles. The van der Waals surface area contributed by atoms with Gasteiger partial charge < -0.3 is 10.4 Å². The molecule has 2 N–H and O–H groups in total. The first kappa shape index (κ1) is 15.2. The number of carbonyl (C=O) groups excluding carboxylic acids is 1. The molecule has 0 aliphatic heterocycles. The molecule has 6 heteroatoms. The molecule has 1 aliphatic carbocycles. The lowest BCUT2D eigenvalue weighted by Crippen LogP contribution is -2.33. The highest BCUT2D eigenvalue weighted by molar-refractivity contribution is 14.1. The van der Waals surface area contributed by atoms with E-state index in [1.165, 1.54) is 0 Å². The molecular weight excluding hydrogens is 571 g/mol. The molecule has 1 saturated carbocycles. The summed E-state index contributed by atoms with van der Waals surface area (Å²) in [6.45, 7) is 0.349. The van der Waals surface area contributed by atoms with Crippen molar-refractivity contribution in [2.45, 2.75) is 18.9 Å². The van der Waals surface area contributed by atoms with Crippen LogP contribution >= 0.6 is 67.8 Å². The molecule has 1 aliphatic rings. The topological polar surface area (TPSA) is 49.3 Å². The zero-order valence-corrected chi connectivity index (χ0v) is 15.9. The van der Waals surface area contributed by atoms with Gasteiger partial charge in [0.25, 0.3) is 5.91 Å². The van der Waals surface area contributed by atoms with Gasteiger partial charge in [-0.25, -0.2) is 0 Å². The summed E-state index contributed by atoms with van der Waals surface area (Å²) in [5, 5.41) is 12.6. The van der Waals surface area contributed by atoms with Gasteiger partial charge in [-0.3, -0.25) is 4.79 Å². The lowest BCUT2D eigenvalue weighted by Gasteiger charge is -2.12. The zero-order chi connectivity index (χ0) is 13.3. The van der Waals surface area contributed by atoms with Crippen LogP contribution in [-0.4, -0.2) is 23.7 Å². The third kappa shape index (κ3) is 3.92. The van der Waals surface area contributed by atoms with Crippen molar-refractivity contribution >= 4 is 73.7 Å². The van der Waals surface area contributed by atoms with Gasteiger partial charge in [-0.05, 0) is 98.7 Å². The Morgan fingerprint density at radius 2 is 2.06 bits per heavy atom. The van der Waals surface area contributed by atoms with Crippen LogP contribution < -0.4 is 5.32 Å². The molecule has 1 aromatic carbocycles. The average molecular weight is 583 g/mol. The number of aliphatic hydroxyl groups excluding tert-OH is 1. The highest BCUT2D eigenvalue weighted by atomic mass is 127. The van der Waals surface area contributed by atoms with Crippen molar-refractivity contribution in [2.75, 3.05) is 6.54 Å². The monoisotopic (exact) mass is 583 g/mol. The Labute approximate surface area is 147 Å². The Balaban J connectivity index is 2.03. The number of hydrogen-bond acceptors (Lipinski definition) is 2. The number of hydrogen-bond donors (Lipinski definition) is 2. The van der Waals surface area contributed by atoms with E-state index in [2.05, 4.69) is 73.1 Å². The summed E-state index contributed by atoms with van der Waals surface area (Å²) in [5.41, 5.74) is 0.690. The van der Waals surface area contributed by atoms with Crippen LogP contribution in [0.25, 0.3) is 0 Å². The van der Waals surface area contributed by atoms with Gasteiger partial charge in [-0.15, -0.1) is 0 Å². The maximum atomic E-state index is 12.1. The van der Waals surface area contributed by atoms with Crippen molar-refractivity contribution in [3.63, 3.8) is 0 Å². The van der Waals surface area contributed by atoms with E-state index in [9.17, 15) is 9.90 Å². The van der Waals surface area contributed by atoms with Crippen molar-refractivity contribution in [1.82, 2.24) is 5.32 Å². The molecule has 98 valence electrons. The fourth-order valence-electron chi connectivity index (χ4n) is 1.66. The smallest absolute Gasteiger partial charge is 0.252 e. The molecule has 0 spiro atoms. The van der Waals surface area contributed by atoms with E-state index in [1.54, 1.807) is 0 Å². The van der Waals surface area contributed by atoms with Gasteiger partial charge in [0.05, 0.1) is 11.7 Å². The highest BCUT2D eigenvalue weighted by Gasteiger charge is 2.29. The number of nitrogens with one attached hydrogen (secondary N) is 1. The second-order valence-electron chi connectivity index (χ2n) is 4.36. The van der Waals surface area contributed by atoms with Crippen molar-refractivity contribution in [3.05, 3.63) is 28.4 Å². The minimum atomic E-state index is -0.395. The van der Waals surface area contributed by atoms with Crippen molar-refractivity contribution in [3.8, 4) is 0 Å². The van der Waals surface area contributed by atoms with Crippen molar-refractivity contribution in [2.24, 2.45) is 5.92 Å². The van der Waals surface area contributed by atoms with Crippen LogP contribution in [0, 0.1) is 16.6 Å². The Kier molecular flexibility index (Phi) is 5.52. The molecule has 18 heavy (non-hydrogen) atoms. The van der Waals surface area contributed by atoms with Crippen molar-refractivity contribution < 1.29 is 9.90 Å². The Morgan fingerprint density at radius 1 is 1.39 bits per heavy atom. The van der Waals surface area contributed by atoms with Gasteiger partial charge >= 0.3 is 0 Å². The number of halogens is 3. The summed E-state index contributed by atoms with van der Waals surface area (Å²) in [6, 6.07) is 3.92. The van der Waals surface area contributed by atoms with E-state index in [1.807, 2.05) is 12.1 Å². The maximum absolute atomic E-state index is 12.1. The molecule has 3 nitrogen and oxygen atoms in total. The van der Waals surface area contributed by atoms with Crippen LogP contribution in [0.1, 0.15) is 23.2 Å². The van der Waals surface area contributed by atoms with E-state index in [4.69, 9.17) is 0 Å². The summed E-state index contributed by atoms with van der Waals surface area (Å²) in [5.74, 6) is 0.288. The van der Waals surface area contributed by atoms with Gasteiger partial charge in [-0.2, -0.15) is 0 Å². The molecular formula is C12H12I3NO2. The first-order valence-corrected chi connectivity index (χ1v) is 8.83. The highest BCUT2D eigenvalue weighted by Crippen LogP contribution is 2.32. The number of amides is 1. The summed E-state index contributed by atoms with van der Waals surface area (Å²) >= 11 is 6.62. The molecule has 1 unspecified atom stereocenters. The first-order valence-electron chi connectivity index (χ1n) is 5.60. The minimum Gasteiger partial charge on any atom is -0.391 e. The second-order valence-corrected chi connectivity index (χ2v) is 7.85. The molecule has 1 fully saturated rings. The first-order chi connectivity index (χ1) is 8.49. The average Bonchev–Trinajstić information content (AvgIpc) is 3.14. The molecule has 1 amide bonds. The number of carbonyl (C=O) groups is 1. The standard InChI is InChI=1S/C12H12I3NO2/c13-7-3-8(11(15)9(14)4-7)12(18)16-5-10(17)6-1-2-6/h3-4,6,10,17H,1-2,5H2,(H,16,18). The third-order valence-electron chi connectivity index (χ3n) is 2.88. The van der Waals surface area contributed by atoms with Gasteiger partial charge in [0, 0.05) is 17.3 Å². The molecule has 0 heterocycles. The Morgan fingerprint density at radius 3 is 2.67 bits per heavy atom. The van der Waals surface area contributed by atoms with Crippen LogP contribution in [-0.2, 0) is 0 Å². The van der Waals surface area contributed by atoms with E-state index in [0.29, 0.717) is 18.0 Å². The summed E-state index contributed by atoms with van der Waals surface area (Å²) in [7, 11) is 0. The van der Waals surface area contributed by atoms with E-state index < -0.39 is 6.10 Å². The van der Waals surface area contributed by atoms with E-state index in [-0.39, 0.29) is 5.91 Å². The van der Waals surface area contributed by atoms with Crippen LogP contribution in [0.4, 0.5) is 0 Å². The summed E-state index contributed by atoms with van der Waals surface area (Å²) in [6.07, 6.45) is 1.76. The number of aliphatic hydroxyl groups is 1. The van der Waals surface area contributed by atoms with Crippen LogP contribution in [0.15, 0.2) is 12.1 Å². The van der Waals surface area contributed by atoms with E-state index >= 15 is 0 Å². The van der Waals surface area contributed by atoms with Gasteiger partial charge in [-0.1, -0.05) is 0 Å². The minimum absolute atomic E-state index is 0.101. The zero-order valence-electron chi connectivity index (χ0n) is 9.42. The lowest BCUT2D eigenvalue weighted by molar-refractivity contribution is 0.0900. The second kappa shape index (κ2) is 6.53. The molecule has 0 radical (unpaired) electrons. The largest absolute Gasteiger partial charge is 0.391 e. The lowest BCUT2D eigenvalue weighted by atomic mass is 10.2. The molecule has 0 bridgehead atoms. The molecule has 1 atom stereocenters. The fourth-order valence-corrected chi connectivity index (χ4v) is 4.06.